The van der Waals surface area contributed by atoms with Crippen LogP contribution in [0.5, 0.6) is 0 Å². The molecule has 0 saturated heterocycles. The summed E-state index contributed by atoms with van der Waals surface area (Å²) < 4.78 is 5.85. The summed E-state index contributed by atoms with van der Waals surface area (Å²) >= 11 is 0. The monoisotopic (exact) mass is 290 g/mol. The second kappa shape index (κ2) is 5.30. The summed E-state index contributed by atoms with van der Waals surface area (Å²) in [5, 5.41) is 14.4. The molecule has 0 aliphatic heterocycles. The van der Waals surface area contributed by atoms with Gasteiger partial charge in [0.25, 0.3) is 5.69 Å². The van der Waals surface area contributed by atoms with Gasteiger partial charge < -0.3 is 10.1 Å². The van der Waals surface area contributed by atoms with Crippen LogP contribution in [0, 0.1) is 22.5 Å². The molecule has 3 rings (SSSR count). The first kappa shape index (κ1) is 14.3. The van der Waals surface area contributed by atoms with Gasteiger partial charge in [-0.1, -0.05) is 6.42 Å². The van der Waals surface area contributed by atoms with Gasteiger partial charge in [0.15, 0.2) is 0 Å². The Morgan fingerprint density at radius 3 is 2.76 bits per heavy atom. The molecular formula is C16H22N2O3. The molecule has 2 saturated carbocycles. The van der Waals surface area contributed by atoms with Gasteiger partial charge in [-0.15, -0.1) is 0 Å². The maximum absolute atomic E-state index is 10.9. The Morgan fingerprint density at radius 1 is 1.48 bits per heavy atom. The third-order valence-electron chi connectivity index (χ3n) is 5.17. The number of anilines is 1. The second-order valence-corrected chi connectivity index (χ2v) is 6.22. The van der Waals surface area contributed by atoms with Crippen molar-refractivity contribution in [2.45, 2.75) is 51.7 Å². The highest BCUT2D eigenvalue weighted by atomic mass is 16.6. The number of aryl methyl sites for hydroxylation is 1. The lowest BCUT2D eigenvalue weighted by atomic mass is 9.51. The van der Waals surface area contributed by atoms with Gasteiger partial charge in [0.2, 0.25) is 0 Å². The normalized spacial score (nSPS) is 26.0. The van der Waals surface area contributed by atoms with E-state index in [9.17, 15) is 10.1 Å². The number of benzene rings is 1. The average molecular weight is 290 g/mol. The molecule has 0 aromatic heterocycles. The zero-order chi connectivity index (χ0) is 15.0. The van der Waals surface area contributed by atoms with Crippen molar-refractivity contribution in [2.75, 3.05) is 11.9 Å². The maximum atomic E-state index is 10.9. The minimum absolute atomic E-state index is 0.180. The fraction of sp³-hybridized carbons (Fsp3) is 0.625. The molecule has 2 aliphatic rings. The Morgan fingerprint density at radius 2 is 2.24 bits per heavy atom. The summed E-state index contributed by atoms with van der Waals surface area (Å²) in [6.07, 6.45) is 5.14. The van der Waals surface area contributed by atoms with Crippen molar-refractivity contribution in [2.24, 2.45) is 5.41 Å². The van der Waals surface area contributed by atoms with Crippen molar-refractivity contribution in [3.63, 3.8) is 0 Å². The molecule has 2 unspecified atom stereocenters. The van der Waals surface area contributed by atoms with Gasteiger partial charge in [-0.3, -0.25) is 10.1 Å². The highest BCUT2D eigenvalue weighted by molar-refractivity contribution is 5.54. The smallest absolute Gasteiger partial charge is 0.272 e. The van der Waals surface area contributed by atoms with E-state index in [0.717, 1.165) is 18.7 Å². The summed E-state index contributed by atoms with van der Waals surface area (Å²) in [6.45, 7) is 4.61. The van der Waals surface area contributed by atoms with Crippen LogP contribution in [0.4, 0.5) is 11.4 Å². The lowest BCUT2D eigenvalue weighted by molar-refractivity contribution is -0.385. The highest BCUT2D eigenvalue weighted by Gasteiger charge is 2.58. The van der Waals surface area contributed by atoms with E-state index < -0.39 is 0 Å². The Labute approximate surface area is 124 Å². The molecule has 1 spiro atoms. The SMILES string of the molecule is CCOC1CC(Nc2ccc([N+](=O)[O-])c(C)c2)C12CCC2. The Balaban J connectivity index is 1.70. The number of nitro benzene ring substituents is 1. The quantitative estimate of drug-likeness (QED) is 0.664. The predicted molar refractivity (Wildman–Crippen MR) is 81.6 cm³/mol. The number of nitrogens with one attached hydrogen (secondary N) is 1. The molecule has 0 radical (unpaired) electrons. The third-order valence-corrected chi connectivity index (χ3v) is 5.17. The first-order valence-electron chi connectivity index (χ1n) is 7.70. The van der Waals surface area contributed by atoms with Crippen molar-refractivity contribution in [3.05, 3.63) is 33.9 Å². The topological polar surface area (TPSA) is 64.4 Å². The molecule has 2 aliphatic carbocycles. The molecule has 1 aromatic rings. The summed E-state index contributed by atoms with van der Waals surface area (Å²) in [7, 11) is 0. The Hall–Kier alpha value is -1.62. The van der Waals surface area contributed by atoms with Crippen LogP contribution in [0.3, 0.4) is 0 Å². The summed E-state index contributed by atoms with van der Waals surface area (Å²) in [4.78, 5) is 10.5. The van der Waals surface area contributed by atoms with E-state index in [1.165, 1.54) is 19.3 Å². The number of hydrogen-bond donors (Lipinski definition) is 1. The number of nitro groups is 1. The van der Waals surface area contributed by atoms with Crippen LogP contribution in [0.1, 0.15) is 38.2 Å². The molecule has 114 valence electrons. The molecule has 1 N–H and O–H groups in total. The van der Waals surface area contributed by atoms with Crippen molar-refractivity contribution < 1.29 is 9.66 Å². The van der Waals surface area contributed by atoms with Crippen LogP contribution in [0.25, 0.3) is 0 Å². The third kappa shape index (κ3) is 2.29. The fourth-order valence-corrected chi connectivity index (χ4v) is 3.79. The summed E-state index contributed by atoms with van der Waals surface area (Å²) in [5.41, 5.74) is 2.16. The molecular weight excluding hydrogens is 268 g/mol. The van der Waals surface area contributed by atoms with Crippen molar-refractivity contribution in [1.82, 2.24) is 0 Å². The average Bonchev–Trinajstić information content (AvgIpc) is 2.35. The van der Waals surface area contributed by atoms with Crippen molar-refractivity contribution in [1.29, 1.82) is 0 Å². The number of ether oxygens (including phenoxy) is 1. The molecule has 1 aromatic carbocycles. The van der Waals surface area contributed by atoms with E-state index >= 15 is 0 Å². The first-order chi connectivity index (χ1) is 10.1. The van der Waals surface area contributed by atoms with E-state index in [2.05, 4.69) is 5.32 Å². The lowest BCUT2D eigenvalue weighted by Gasteiger charge is -2.61. The van der Waals surface area contributed by atoms with E-state index in [0.29, 0.717) is 23.1 Å². The molecule has 0 amide bonds. The molecule has 5 nitrogen and oxygen atoms in total. The van der Waals surface area contributed by atoms with Gasteiger partial charge in [0.05, 0.1) is 11.0 Å². The minimum Gasteiger partial charge on any atom is -0.382 e. The zero-order valence-corrected chi connectivity index (χ0v) is 12.6. The van der Waals surface area contributed by atoms with E-state index in [1.807, 2.05) is 19.1 Å². The lowest BCUT2D eigenvalue weighted by Crippen LogP contribution is -2.64. The molecule has 2 atom stereocenters. The van der Waals surface area contributed by atoms with E-state index in [1.54, 1.807) is 13.0 Å². The van der Waals surface area contributed by atoms with Gasteiger partial charge in [0.1, 0.15) is 0 Å². The second-order valence-electron chi connectivity index (χ2n) is 6.22. The van der Waals surface area contributed by atoms with Gasteiger partial charge >= 0.3 is 0 Å². The van der Waals surface area contributed by atoms with E-state index in [-0.39, 0.29) is 10.6 Å². The Bertz CT molecular complexity index is 554. The van der Waals surface area contributed by atoms with Crippen LogP contribution in [-0.4, -0.2) is 23.7 Å². The van der Waals surface area contributed by atoms with E-state index in [4.69, 9.17) is 4.74 Å². The highest BCUT2D eigenvalue weighted by Crippen LogP contribution is 2.58. The van der Waals surface area contributed by atoms with Crippen molar-refractivity contribution in [3.8, 4) is 0 Å². The Kier molecular flexibility index (Phi) is 3.61. The molecule has 2 fully saturated rings. The van der Waals surface area contributed by atoms with Crippen LogP contribution >= 0.6 is 0 Å². The molecule has 0 bridgehead atoms. The molecule has 5 heteroatoms. The molecule has 21 heavy (non-hydrogen) atoms. The number of nitrogens with zero attached hydrogens (tertiary/aromatic N) is 1. The van der Waals surface area contributed by atoms with Gasteiger partial charge in [-0.05, 0) is 45.2 Å². The van der Waals surface area contributed by atoms with Crippen LogP contribution in [0.2, 0.25) is 0 Å². The van der Waals surface area contributed by atoms with Gasteiger partial charge in [-0.2, -0.15) is 0 Å². The standard InChI is InChI=1S/C16H22N2O3/c1-3-21-15-10-14(16(15)7-4-8-16)17-12-5-6-13(18(19)20)11(2)9-12/h5-6,9,14-15,17H,3-4,7-8,10H2,1-2H3. The summed E-state index contributed by atoms with van der Waals surface area (Å²) in [5.74, 6) is 0. The van der Waals surface area contributed by atoms with Gasteiger partial charge in [0, 0.05) is 35.4 Å². The predicted octanol–water partition coefficient (Wildman–Crippen LogP) is 3.66. The number of rotatable bonds is 5. The largest absolute Gasteiger partial charge is 0.382 e. The van der Waals surface area contributed by atoms with Crippen molar-refractivity contribution >= 4 is 11.4 Å². The maximum Gasteiger partial charge on any atom is 0.272 e. The first-order valence-corrected chi connectivity index (χ1v) is 7.70. The van der Waals surface area contributed by atoms with Gasteiger partial charge in [-0.25, -0.2) is 0 Å². The summed E-state index contributed by atoms with van der Waals surface area (Å²) in [6, 6.07) is 5.71. The fourth-order valence-electron chi connectivity index (χ4n) is 3.79. The minimum atomic E-state index is -0.332. The van der Waals surface area contributed by atoms with Crippen LogP contribution < -0.4 is 5.32 Å². The number of hydrogen-bond acceptors (Lipinski definition) is 4. The zero-order valence-electron chi connectivity index (χ0n) is 12.6. The van der Waals surface area contributed by atoms with Crippen LogP contribution in [-0.2, 0) is 4.74 Å². The molecule has 0 heterocycles. The van der Waals surface area contributed by atoms with Crippen LogP contribution in [0.15, 0.2) is 18.2 Å².